The van der Waals surface area contributed by atoms with Crippen LogP contribution in [0.1, 0.15) is 23.7 Å². The first-order chi connectivity index (χ1) is 8.54. The monoisotopic (exact) mass is 254 g/mol. The van der Waals surface area contributed by atoms with E-state index in [1.807, 2.05) is 0 Å². The number of nitrogens with one attached hydrogen (secondary N) is 2. The van der Waals surface area contributed by atoms with Gasteiger partial charge < -0.3 is 15.7 Å². The van der Waals surface area contributed by atoms with Crippen molar-refractivity contribution in [3.05, 3.63) is 29.6 Å². The van der Waals surface area contributed by atoms with Gasteiger partial charge in [0.2, 0.25) is 5.91 Å². The Morgan fingerprint density at radius 3 is 2.67 bits per heavy atom. The minimum absolute atomic E-state index is 0.130. The highest BCUT2D eigenvalue weighted by Gasteiger charge is 2.12. The van der Waals surface area contributed by atoms with E-state index in [2.05, 4.69) is 10.6 Å². The molecule has 1 aromatic rings. The van der Waals surface area contributed by atoms with Crippen LogP contribution in [0.5, 0.6) is 5.75 Å². The molecule has 1 rings (SSSR count). The molecule has 0 aromatic heterocycles. The predicted octanol–water partition coefficient (Wildman–Crippen LogP) is 0.787. The lowest BCUT2D eigenvalue weighted by molar-refractivity contribution is -0.120. The lowest BCUT2D eigenvalue weighted by Crippen LogP contribution is -2.30. The Kier molecular flexibility index (Phi) is 5.10. The second kappa shape index (κ2) is 6.58. The van der Waals surface area contributed by atoms with E-state index in [0.717, 1.165) is 6.07 Å². The van der Waals surface area contributed by atoms with Crippen LogP contribution in [0.2, 0.25) is 0 Å². The first kappa shape index (κ1) is 14.0. The van der Waals surface area contributed by atoms with Crippen molar-refractivity contribution in [3.63, 3.8) is 0 Å². The number of phenolic OH excluding ortho intramolecular Hbond substituents is 1. The Bertz CT molecular complexity index is 449. The Hall–Kier alpha value is -2.11. The summed E-state index contributed by atoms with van der Waals surface area (Å²) < 4.78 is 13.3. The summed E-state index contributed by atoms with van der Waals surface area (Å²) in [5.74, 6) is -1.84. The third kappa shape index (κ3) is 4.04. The number of phenols is 1. The molecule has 6 heteroatoms. The quantitative estimate of drug-likeness (QED) is 0.726. The summed E-state index contributed by atoms with van der Waals surface area (Å²) in [5, 5.41) is 14.0. The summed E-state index contributed by atoms with van der Waals surface area (Å²) in [4.78, 5) is 22.7. The summed E-state index contributed by atoms with van der Waals surface area (Å²) in [6.45, 7) is 2.45. The van der Waals surface area contributed by atoms with E-state index in [1.165, 1.54) is 12.1 Å². The fourth-order valence-electron chi connectivity index (χ4n) is 1.36. The van der Waals surface area contributed by atoms with Crippen LogP contribution in [0.25, 0.3) is 0 Å². The van der Waals surface area contributed by atoms with E-state index in [-0.39, 0.29) is 30.2 Å². The number of benzene rings is 1. The van der Waals surface area contributed by atoms with Gasteiger partial charge in [0, 0.05) is 25.6 Å². The maximum Gasteiger partial charge on any atom is 0.254 e. The molecule has 5 nitrogen and oxygen atoms in total. The molecule has 0 aliphatic carbocycles. The normalized spacial score (nSPS) is 9.89. The maximum atomic E-state index is 13.3. The molecule has 0 radical (unpaired) electrons. The van der Waals surface area contributed by atoms with Crippen LogP contribution < -0.4 is 10.6 Å². The molecule has 0 heterocycles. The van der Waals surface area contributed by atoms with Crippen LogP contribution in [0.4, 0.5) is 4.39 Å². The second-order valence-electron chi connectivity index (χ2n) is 3.62. The molecule has 0 aliphatic rings. The highest BCUT2D eigenvalue weighted by Crippen LogP contribution is 2.14. The van der Waals surface area contributed by atoms with E-state index >= 15 is 0 Å². The molecule has 2 amide bonds. The zero-order chi connectivity index (χ0) is 13.5. The summed E-state index contributed by atoms with van der Waals surface area (Å²) >= 11 is 0. The van der Waals surface area contributed by atoms with Gasteiger partial charge in [-0.05, 0) is 19.1 Å². The van der Waals surface area contributed by atoms with Crippen LogP contribution in [0, 0.1) is 5.82 Å². The predicted molar refractivity (Wildman–Crippen MR) is 63.7 cm³/mol. The van der Waals surface area contributed by atoms with Gasteiger partial charge in [0.05, 0.1) is 5.56 Å². The van der Waals surface area contributed by atoms with E-state index in [0.29, 0.717) is 6.54 Å². The van der Waals surface area contributed by atoms with Gasteiger partial charge in [0.25, 0.3) is 5.91 Å². The molecule has 0 spiro atoms. The van der Waals surface area contributed by atoms with Gasteiger partial charge in [-0.1, -0.05) is 0 Å². The first-order valence-electron chi connectivity index (χ1n) is 5.58. The van der Waals surface area contributed by atoms with Gasteiger partial charge in [0.1, 0.15) is 11.6 Å². The maximum absolute atomic E-state index is 13.3. The lowest BCUT2D eigenvalue weighted by atomic mass is 10.2. The van der Waals surface area contributed by atoms with Crippen molar-refractivity contribution in [2.24, 2.45) is 0 Å². The molecule has 18 heavy (non-hydrogen) atoms. The van der Waals surface area contributed by atoms with Crippen molar-refractivity contribution < 1.29 is 19.1 Å². The summed E-state index contributed by atoms with van der Waals surface area (Å²) in [6.07, 6.45) is 0.138. The van der Waals surface area contributed by atoms with Crippen LogP contribution in [-0.2, 0) is 4.79 Å². The Balaban J connectivity index is 2.48. The molecular weight excluding hydrogens is 239 g/mol. The molecule has 98 valence electrons. The fraction of sp³-hybridized carbons (Fsp3) is 0.333. The van der Waals surface area contributed by atoms with Gasteiger partial charge in [0.15, 0.2) is 0 Å². The minimum atomic E-state index is -0.800. The van der Waals surface area contributed by atoms with Crippen LogP contribution >= 0.6 is 0 Å². The SMILES string of the molecule is CCNC(=O)CCNC(=O)c1ccc(O)cc1F. The number of hydrogen-bond donors (Lipinski definition) is 3. The smallest absolute Gasteiger partial charge is 0.254 e. The van der Waals surface area contributed by atoms with Crippen molar-refractivity contribution in [2.75, 3.05) is 13.1 Å². The van der Waals surface area contributed by atoms with E-state index in [1.54, 1.807) is 6.92 Å². The number of rotatable bonds is 5. The van der Waals surface area contributed by atoms with E-state index in [4.69, 9.17) is 5.11 Å². The van der Waals surface area contributed by atoms with E-state index < -0.39 is 11.7 Å². The Morgan fingerprint density at radius 1 is 1.33 bits per heavy atom. The number of carbonyl (C=O) groups excluding carboxylic acids is 2. The average molecular weight is 254 g/mol. The van der Waals surface area contributed by atoms with Crippen LogP contribution in [0.3, 0.4) is 0 Å². The topological polar surface area (TPSA) is 78.4 Å². The molecule has 1 aromatic carbocycles. The second-order valence-corrected chi connectivity index (χ2v) is 3.62. The van der Waals surface area contributed by atoms with Gasteiger partial charge in [-0.3, -0.25) is 9.59 Å². The van der Waals surface area contributed by atoms with Crippen molar-refractivity contribution in [3.8, 4) is 5.75 Å². The van der Waals surface area contributed by atoms with Gasteiger partial charge in [-0.25, -0.2) is 4.39 Å². The van der Waals surface area contributed by atoms with Crippen molar-refractivity contribution in [1.29, 1.82) is 0 Å². The molecular formula is C12H15FN2O3. The lowest BCUT2D eigenvalue weighted by Gasteiger charge is -2.06. The van der Waals surface area contributed by atoms with Gasteiger partial charge in [-0.15, -0.1) is 0 Å². The van der Waals surface area contributed by atoms with Crippen LogP contribution in [0.15, 0.2) is 18.2 Å². The third-order valence-corrected chi connectivity index (χ3v) is 2.21. The average Bonchev–Trinajstić information content (AvgIpc) is 2.29. The largest absolute Gasteiger partial charge is 0.508 e. The Labute approximate surface area is 104 Å². The molecule has 0 saturated carbocycles. The molecule has 0 saturated heterocycles. The minimum Gasteiger partial charge on any atom is -0.508 e. The number of carbonyl (C=O) groups is 2. The highest BCUT2D eigenvalue weighted by molar-refractivity contribution is 5.94. The highest BCUT2D eigenvalue weighted by atomic mass is 19.1. The van der Waals surface area contributed by atoms with E-state index in [9.17, 15) is 14.0 Å². The molecule has 3 N–H and O–H groups in total. The molecule has 0 atom stereocenters. The summed E-state index contributed by atoms with van der Waals surface area (Å²) in [5.41, 5.74) is -0.163. The summed E-state index contributed by atoms with van der Waals surface area (Å²) in [7, 11) is 0. The molecule has 0 unspecified atom stereocenters. The zero-order valence-electron chi connectivity index (χ0n) is 10.00. The number of halogens is 1. The van der Waals surface area contributed by atoms with Gasteiger partial charge in [-0.2, -0.15) is 0 Å². The molecule has 0 fully saturated rings. The Morgan fingerprint density at radius 2 is 2.06 bits per heavy atom. The van der Waals surface area contributed by atoms with Crippen molar-refractivity contribution >= 4 is 11.8 Å². The number of aromatic hydroxyl groups is 1. The van der Waals surface area contributed by atoms with Crippen molar-refractivity contribution in [1.82, 2.24) is 10.6 Å². The first-order valence-corrected chi connectivity index (χ1v) is 5.58. The van der Waals surface area contributed by atoms with Crippen LogP contribution in [-0.4, -0.2) is 30.0 Å². The molecule has 0 bridgehead atoms. The third-order valence-electron chi connectivity index (χ3n) is 2.21. The molecule has 0 aliphatic heterocycles. The number of hydrogen-bond acceptors (Lipinski definition) is 3. The summed E-state index contributed by atoms with van der Waals surface area (Å²) in [6, 6.07) is 3.27. The van der Waals surface area contributed by atoms with Gasteiger partial charge >= 0.3 is 0 Å². The number of amides is 2. The zero-order valence-corrected chi connectivity index (χ0v) is 10.00. The van der Waals surface area contributed by atoms with Crippen molar-refractivity contribution in [2.45, 2.75) is 13.3 Å². The fourth-order valence-corrected chi connectivity index (χ4v) is 1.36. The standard InChI is InChI=1S/C12H15FN2O3/c1-2-14-11(17)5-6-15-12(18)9-4-3-8(16)7-10(9)13/h3-4,7,16H,2,5-6H2,1H3,(H,14,17)(H,15,18).